The molecule has 1 aliphatic rings. The first-order valence-electron chi connectivity index (χ1n) is 8.96. The first-order chi connectivity index (χ1) is 13.4. The van der Waals surface area contributed by atoms with Crippen molar-refractivity contribution in [3.63, 3.8) is 0 Å². The van der Waals surface area contributed by atoms with Crippen LogP contribution in [0, 0.1) is 6.92 Å². The summed E-state index contributed by atoms with van der Waals surface area (Å²) in [5.74, 6) is -2.09. The van der Waals surface area contributed by atoms with E-state index in [9.17, 15) is 19.5 Å². The van der Waals surface area contributed by atoms with Crippen molar-refractivity contribution in [2.45, 2.75) is 32.6 Å². The van der Waals surface area contributed by atoms with E-state index in [2.05, 4.69) is 5.32 Å². The Balaban J connectivity index is 1.98. The van der Waals surface area contributed by atoms with Crippen molar-refractivity contribution in [3.8, 4) is 11.1 Å². The standard InChI is InChI=1S/C21H21NO5S/c1-12-7-9-13(10-8-12)16-11-28-19(17(16)21(26)27-2)22-18(23)14-5-3-4-6-15(14)20(24)25/h7-11H,3-6H2,1-2H3,(H,22,23)(H,24,25). The number of hydrogen-bond acceptors (Lipinski definition) is 5. The maximum absolute atomic E-state index is 12.8. The molecular formula is C21H21NO5S. The monoisotopic (exact) mass is 399 g/mol. The minimum absolute atomic E-state index is 0.152. The zero-order valence-electron chi connectivity index (χ0n) is 15.7. The van der Waals surface area contributed by atoms with E-state index < -0.39 is 17.8 Å². The molecule has 2 aromatic rings. The zero-order chi connectivity index (χ0) is 20.3. The summed E-state index contributed by atoms with van der Waals surface area (Å²) in [4.78, 5) is 36.6. The number of carbonyl (C=O) groups excluding carboxylic acids is 2. The van der Waals surface area contributed by atoms with Crippen LogP contribution >= 0.6 is 11.3 Å². The molecule has 0 saturated heterocycles. The lowest BCUT2D eigenvalue weighted by Crippen LogP contribution is -2.21. The fourth-order valence-electron chi connectivity index (χ4n) is 3.27. The first-order valence-corrected chi connectivity index (χ1v) is 9.83. The minimum atomic E-state index is -1.07. The van der Waals surface area contributed by atoms with Crippen LogP contribution in [0.25, 0.3) is 11.1 Å². The molecular weight excluding hydrogens is 378 g/mol. The van der Waals surface area contributed by atoms with E-state index >= 15 is 0 Å². The SMILES string of the molecule is COC(=O)c1c(-c2ccc(C)cc2)csc1NC(=O)C1=C(C(=O)O)CCCC1. The van der Waals surface area contributed by atoms with Crippen LogP contribution in [0.3, 0.4) is 0 Å². The van der Waals surface area contributed by atoms with Gasteiger partial charge in [0.05, 0.1) is 7.11 Å². The molecule has 1 amide bonds. The smallest absolute Gasteiger partial charge is 0.341 e. The number of anilines is 1. The number of carboxylic acids is 1. The van der Waals surface area contributed by atoms with E-state index in [0.29, 0.717) is 23.4 Å². The highest BCUT2D eigenvalue weighted by molar-refractivity contribution is 7.15. The van der Waals surface area contributed by atoms with Gasteiger partial charge in [-0.25, -0.2) is 9.59 Å². The number of carbonyl (C=O) groups is 3. The lowest BCUT2D eigenvalue weighted by molar-refractivity contribution is -0.133. The van der Waals surface area contributed by atoms with Gasteiger partial charge in [0.2, 0.25) is 0 Å². The Bertz CT molecular complexity index is 956. The van der Waals surface area contributed by atoms with Crippen molar-refractivity contribution < 1.29 is 24.2 Å². The van der Waals surface area contributed by atoms with Crippen molar-refractivity contribution in [2.75, 3.05) is 12.4 Å². The number of benzene rings is 1. The largest absolute Gasteiger partial charge is 0.478 e. The molecule has 0 atom stereocenters. The second-order valence-electron chi connectivity index (χ2n) is 6.63. The summed E-state index contributed by atoms with van der Waals surface area (Å²) in [6.07, 6.45) is 2.31. The van der Waals surface area contributed by atoms with Crippen LogP contribution < -0.4 is 5.32 Å². The molecule has 0 bridgehead atoms. The highest BCUT2D eigenvalue weighted by Crippen LogP contribution is 2.37. The number of carboxylic acid groups (broad SMARTS) is 1. The summed E-state index contributed by atoms with van der Waals surface area (Å²) >= 11 is 1.22. The van der Waals surface area contributed by atoms with Crippen LogP contribution in [0.2, 0.25) is 0 Å². The Morgan fingerprint density at radius 2 is 1.71 bits per heavy atom. The molecule has 1 heterocycles. The second kappa shape index (κ2) is 8.39. The first kappa shape index (κ1) is 19.8. The van der Waals surface area contributed by atoms with Gasteiger partial charge in [-0.2, -0.15) is 0 Å². The lowest BCUT2D eigenvalue weighted by atomic mass is 9.91. The Labute approximate surface area is 166 Å². The number of esters is 1. The van der Waals surface area contributed by atoms with Crippen LogP contribution in [0.1, 0.15) is 41.6 Å². The number of thiophene rings is 1. The summed E-state index contributed by atoms with van der Waals surface area (Å²) in [5, 5.41) is 14.3. The molecule has 0 radical (unpaired) electrons. The molecule has 0 fully saturated rings. The van der Waals surface area contributed by atoms with Crippen LogP contribution in [0.5, 0.6) is 0 Å². The maximum Gasteiger partial charge on any atom is 0.341 e. The molecule has 28 heavy (non-hydrogen) atoms. The summed E-state index contributed by atoms with van der Waals surface area (Å²) in [6, 6.07) is 7.69. The predicted octanol–water partition coefficient (Wildman–Crippen LogP) is 4.40. The Kier molecular flexibility index (Phi) is 5.94. The molecule has 1 aliphatic carbocycles. The summed E-state index contributed by atoms with van der Waals surface area (Å²) in [6.45, 7) is 1.97. The van der Waals surface area contributed by atoms with Gasteiger partial charge in [-0.1, -0.05) is 29.8 Å². The number of rotatable bonds is 5. The van der Waals surface area contributed by atoms with Crippen LogP contribution in [-0.2, 0) is 14.3 Å². The fraction of sp³-hybridized carbons (Fsp3) is 0.286. The normalized spacial score (nSPS) is 13.9. The van der Waals surface area contributed by atoms with Crippen LogP contribution in [-0.4, -0.2) is 30.1 Å². The van der Waals surface area contributed by atoms with E-state index in [1.54, 1.807) is 5.38 Å². The third-order valence-corrected chi connectivity index (χ3v) is 5.67. The molecule has 3 rings (SSSR count). The molecule has 7 heteroatoms. The van der Waals surface area contributed by atoms with Crippen molar-refractivity contribution in [3.05, 3.63) is 51.9 Å². The van der Waals surface area contributed by atoms with Crippen LogP contribution in [0.15, 0.2) is 40.8 Å². The number of aliphatic carboxylic acids is 1. The van der Waals surface area contributed by atoms with Gasteiger partial charge in [0.25, 0.3) is 5.91 Å². The summed E-state index contributed by atoms with van der Waals surface area (Å²) in [7, 11) is 1.29. The Hall–Kier alpha value is -2.93. The van der Waals surface area contributed by atoms with Gasteiger partial charge in [0, 0.05) is 22.1 Å². The molecule has 1 aromatic heterocycles. The van der Waals surface area contributed by atoms with Crippen molar-refractivity contribution in [1.82, 2.24) is 0 Å². The topological polar surface area (TPSA) is 92.7 Å². The summed E-state index contributed by atoms with van der Waals surface area (Å²) < 4.78 is 4.92. The third-order valence-electron chi connectivity index (χ3n) is 4.77. The van der Waals surface area contributed by atoms with Gasteiger partial charge in [-0.3, -0.25) is 4.79 Å². The van der Waals surface area contributed by atoms with E-state index in [1.807, 2.05) is 31.2 Å². The Morgan fingerprint density at radius 1 is 1.07 bits per heavy atom. The molecule has 2 N–H and O–H groups in total. The molecule has 0 saturated carbocycles. The zero-order valence-corrected chi connectivity index (χ0v) is 16.5. The van der Waals surface area contributed by atoms with Gasteiger partial charge < -0.3 is 15.2 Å². The summed E-state index contributed by atoms with van der Waals surface area (Å²) in [5.41, 5.74) is 3.31. The minimum Gasteiger partial charge on any atom is -0.478 e. The maximum atomic E-state index is 12.8. The number of nitrogens with one attached hydrogen (secondary N) is 1. The molecule has 0 aliphatic heterocycles. The highest BCUT2D eigenvalue weighted by Gasteiger charge is 2.27. The molecule has 146 valence electrons. The average molecular weight is 399 g/mol. The average Bonchev–Trinajstić information content (AvgIpc) is 3.11. The van der Waals surface area contributed by atoms with Gasteiger partial charge in [0.15, 0.2) is 0 Å². The van der Waals surface area contributed by atoms with Crippen molar-refractivity contribution in [1.29, 1.82) is 0 Å². The predicted molar refractivity (Wildman–Crippen MR) is 108 cm³/mol. The molecule has 0 spiro atoms. The van der Waals surface area contributed by atoms with Crippen molar-refractivity contribution in [2.24, 2.45) is 0 Å². The number of amides is 1. The van der Waals surface area contributed by atoms with E-state index in [0.717, 1.165) is 24.0 Å². The number of aryl methyl sites for hydroxylation is 1. The fourth-order valence-corrected chi connectivity index (χ4v) is 4.22. The van der Waals surface area contributed by atoms with E-state index in [4.69, 9.17) is 4.74 Å². The molecule has 1 aromatic carbocycles. The molecule has 0 unspecified atom stereocenters. The van der Waals surface area contributed by atoms with Gasteiger partial charge >= 0.3 is 11.9 Å². The van der Waals surface area contributed by atoms with Crippen molar-refractivity contribution >= 4 is 34.2 Å². The number of methoxy groups -OCH3 is 1. The second-order valence-corrected chi connectivity index (χ2v) is 7.51. The van der Waals surface area contributed by atoms with Gasteiger partial charge in [-0.05, 0) is 38.2 Å². The van der Waals surface area contributed by atoms with Gasteiger partial charge in [0.1, 0.15) is 10.6 Å². The van der Waals surface area contributed by atoms with E-state index in [-0.39, 0.29) is 16.7 Å². The van der Waals surface area contributed by atoms with Crippen LogP contribution in [0.4, 0.5) is 5.00 Å². The number of ether oxygens (including phenoxy) is 1. The highest BCUT2D eigenvalue weighted by atomic mass is 32.1. The number of hydrogen-bond donors (Lipinski definition) is 2. The lowest BCUT2D eigenvalue weighted by Gasteiger charge is -2.17. The van der Waals surface area contributed by atoms with Gasteiger partial charge in [-0.15, -0.1) is 11.3 Å². The molecule has 6 nitrogen and oxygen atoms in total. The quantitative estimate of drug-likeness (QED) is 0.727. The Morgan fingerprint density at radius 3 is 2.32 bits per heavy atom. The van der Waals surface area contributed by atoms with E-state index in [1.165, 1.54) is 18.4 Å². The third kappa shape index (κ3) is 3.99.